The number of nitrogens with zero attached hydrogens (tertiary/aromatic N) is 6. The molecule has 3 aromatic heterocycles. The van der Waals surface area contributed by atoms with Gasteiger partial charge in [0.15, 0.2) is 0 Å². The van der Waals surface area contributed by atoms with Crippen molar-refractivity contribution in [3.63, 3.8) is 0 Å². The van der Waals surface area contributed by atoms with Crippen LogP contribution in [-0.2, 0) is 19.5 Å². The van der Waals surface area contributed by atoms with Gasteiger partial charge in [-0.3, -0.25) is 10.00 Å². The molecule has 0 unspecified atom stereocenters. The maximum atomic E-state index is 14.4. The molecule has 3 heterocycles. The average Bonchev–Trinajstić information content (AvgIpc) is 3.36. The molecule has 2 amide bonds. The van der Waals surface area contributed by atoms with E-state index in [0.29, 0.717) is 17.2 Å². The third kappa shape index (κ3) is 5.20. The molecule has 0 radical (unpaired) electrons. The van der Waals surface area contributed by atoms with E-state index in [2.05, 4.69) is 30.7 Å². The summed E-state index contributed by atoms with van der Waals surface area (Å²) in [6.45, 7) is 6.07. The number of halogens is 1. The van der Waals surface area contributed by atoms with Crippen LogP contribution in [0.3, 0.4) is 0 Å². The molecule has 2 N–H and O–H groups in total. The second kappa shape index (κ2) is 8.93. The number of nitrogens with one attached hydrogen (secondary N) is 2. The van der Waals surface area contributed by atoms with Gasteiger partial charge < -0.3 is 14.6 Å². The molecule has 0 saturated carbocycles. The molecule has 10 nitrogen and oxygen atoms in total. The smallest absolute Gasteiger partial charge is 0.324 e. The summed E-state index contributed by atoms with van der Waals surface area (Å²) in [5.74, 6) is 0.415. The standard InChI is InChI=1S/C23H25FN8O2/c1-23(2,3)19-10-20(32(5)30-19)29-22(33)28-16-8-14(6-7-15(16)24)34-21-9-17(25-12-26-21)18-11-31(4)13-27-18/h6-13H,1-5H3,(H2,28,29,33). The number of hydrogen-bond acceptors (Lipinski definition) is 6. The van der Waals surface area contributed by atoms with Crippen molar-refractivity contribution < 1.29 is 13.9 Å². The molecular formula is C23H25FN8O2. The van der Waals surface area contributed by atoms with E-state index in [4.69, 9.17) is 4.74 Å². The quantitative estimate of drug-likeness (QED) is 0.450. The molecule has 0 saturated heterocycles. The number of hydrogen-bond donors (Lipinski definition) is 2. The van der Waals surface area contributed by atoms with Crippen LogP contribution in [0.1, 0.15) is 26.5 Å². The van der Waals surface area contributed by atoms with Gasteiger partial charge in [-0.15, -0.1) is 0 Å². The number of aromatic nitrogens is 6. The lowest BCUT2D eigenvalue weighted by Gasteiger charge is -2.13. The lowest BCUT2D eigenvalue weighted by atomic mass is 9.92. The van der Waals surface area contributed by atoms with Crippen LogP contribution in [0.5, 0.6) is 11.6 Å². The van der Waals surface area contributed by atoms with Crippen molar-refractivity contribution in [2.75, 3.05) is 10.6 Å². The van der Waals surface area contributed by atoms with E-state index in [1.54, 1.807) is 34.8 Å². The summed E-state index contributed by atoms with van der Waals surface area (Å²) >= 11 is 0. The fourth-order valence-corrected chi connectivity index (χ4v) is 3.09. The first-order valence-corrected chi connectivity index (χ1v) is 10.5. The van der Waals surface area contributed by atoms with E-state index < -0.39 is 11.8 Å². The molecule has 4 rings (SSSR count). The lowest BCUT2D eigenvalue weighted by Crippen LogP contribution is -2.21. The minimum atomic E-state index is -0.612. The fraction of sp³-hybridized carbons (Fsp3) is 0.261. The van der Waals surface area contributed by atoms with Gasteiger partial charge in [-0.2, -0.15) is 5.10 Å². The van der Waals surface area contributed by atoms with Gasteiger partial charge in [0.1, 0.15) is 29.4 Å². The Labute approximate surface area is 195 Å². The number of rotatable bonds is 5. The number of carbonyl (C=O) groups excluding carboxylic acids is 1. The van der Waals surface area contributed by atoms with Crippen molar-refractivity contribution >= 4 is 17.5 Å². The van der Waals surface area contributed by atoms with Gasteiger partial charge in [-0.05, 0) is 12.1 Å². The fourth-order valence-electron chi connectivity index (χ4n) is 3.09. The predicted octanol–water partition coefficient (Wildman–Crippen LogP) is 4.48. The molecule has 0 aliphatic carbocycles. The first-order valence-electron chi connectivity index (χ1n) is 10.5. The lowest BCUT2D eigenvalue weighted by molar-refractivity contribution is 0.262. The minimum absolute atomic E-state index is 0.0489. The monoisotopic (exact) mass is 464 g/mol. The van der Waals surface area contributed by atoms with Crippen LogP contribution < -0.4 is 15.4 Å². The number of benzene rings is 1. The number of aryl methyl sites for hydroxylation is 2. The number of imidazole rings is 1. The third-order valence-corrected chi connectivity index (χ3v) is 4.91. The maximum Gasteiger partial charge on any atom is 0.324 e. The highest BCUT2D eigenvalue weighted by Crippen LogP contribution is 2.27. The Balaban J connectivity index is 1.47. The van der Waals surface area contributed by atoms with Crippen LogP contribution in [0.2, 0.25) is 0 Å². The van der Waals surface area contributed by atoms with Gasteiger partial charge in [0.05, 0.1) is 23.4 Å². The Morgan fingerprint density at radius 2 is 1.82 bits per heavy atom. The third-order valence-electron chi connectivity index (χ3n) is 4.91. The number of carbonyl (C=O) groups is 1. The van der Waals surface area contributed by atoms with Gasteiger partial charge in [0.25, 0.3) is 0 Å². The van der Waals surface area contributed by atoms with Gasteiger partial charge in [0.2, 0.25) is 5.88 Å². The highest BCUT2D eigenvalue weighted by molar-refractivity contribution is 5.99. The highest BCUT2D eigenvalue weighted by atomic mass is 19.1. The number of urea groups is 1. The summed E-state index contributed by atoms with van der Waals surface area (Å²) in [5, 5.41) is 9.61. The topological polar surface area (TPSA) is 112 Å². The van der Waals surface area contributed by atoms with Crippen LogP contribution in [0.15, 0.2) is 49.2 Å². The van der Waals surface area contributed by atoms with E-state index in [0.717, 1.165) is 5.69 Å². The minimum Gasteiger partial charge on any atom is -0.439 e. The Kier molecular flexibility index (Phi) is 6.01. The highest BCUT2D eigenvalue weighted by Gasteiger charge is 2.20. The molecule has 1 aromatic carbocycles. The molecule has 176 valence electrons. The largest absolute Gasteiger partial charge is 0.439 e. The van der Waals surface area contributed by atoms with Gasteiger partial charge >= 0.3 is 6.03 Å². The first kappa shape index (κ1) is 22.9. The van der Waals surface area contributed by atoms with E-state index >= 15 is 0 Å². The van der Waals surface area contributed by atoms with Crippen molar-refractivity contribution in [2.45, 2.75) is 26.2 Å². The van der Waals surface area contributed by atoms with E-state index in [1.807, 2.05) is 34.0 Å². The summed E-state index contributed by atoms with van der Waals surface area (Å²) in [5.41, 5.74) is 1.84. The van der Waals surface area contributed by atoms with Crippen LogP contribution in [0.25, 0.3) is 11.4 Å². The number of amides is 2. The van der Waals surface area contributed by atoms with Crippen LogP contribution in [0, 0.1) is 5.82 Å². The zero-order chi connectivity index (χ0) is 24.5. The zero-order valence-corrected chi connectivity index (χ0v) is 19.5. The van der Waals surface area contributed by atoms with Crippen molar-refractivity contribution in [1.29, 1.82) is 0 Å². The molecule has 0 atom stereocenters. The molecular weight excluding hydrogens is 439 g/mol. The molecule has 0 fully saturated rings. The molecule has 0 aliphatic heterocycles. The molecule has 4 aromatic rings. The number of ether oxygens (including phenoxy) is 1. The first-order chi connectivity index (χ1) is 16.1. The van der Waals surface area contributed by atoms with E-state index in [9.17, 15) is 9.18 Å². The van der Waals surface area contributed by atoms with E-state index in [-0.39, 0.29) is 22.7 Å². The molecule has 11 heteroatoms. The second-order valence-corrected chi connectivity index (χ2v) is 8.78. The Morgan fingerprint density at radius 1 is 1.03 bits per heavy atom. The van der Waals surface area contributed by atoms with Crippen molar-refractivity contribution in [3.05, 3.63) is 60.7 Å². The molecule has 34 heavy (non-hydrogen) atoms. The van der Waals surface area contributed by atoms with Gasteiger partial charge in [-0.1, -0.05) is 20.8 Å². The maximum absolute atomic E-state index is 14.4. The second-order valence-electron chi connectivity index (χ2n) is 8.78. The summed E-state index contributed by atoms with van der Waals surface area (Å²) < 4.78 is 23.5. The van der Waals surface area contributed by atoms with E-state index in [1.165, 1.54) is 24.5 Å². The van der Waals surface area contributed by atoms with Crippen molar-refractivity contribution in [1.82, 2.24) is 29.3 Å². The summed E-state index contributed by atoms with van der Waals surface area (Å²) in [6, 6.07) is 6.82. The van der Waals surface area contributed by atoms with Gasteiger partial charge in [-0.25, -0.2) is 24.1 Å². The van der Waals surface area contributed by atoms with Gasteiger partial charge in [0, 0.05) is 43.9 Å². The Bertz CT molecular complexity index is 1340. The summed E-state index contributed by atoms with van der Waals surface area (Å²) in [6.07, 6.45) is 4.84. The summed E-state index contributed by atoms with van der Waals surface area (Å²) in [7, 11) is 3.58. The number of anilines is 2. The zero-order valence-electron chi connectivity index (χ0n) is 19.5. The average molecular weight is 465 g/mol. The predicted molar refractivity (Wildman–Crippen MR) is 125 cm³/mol. The molecule has 0 spiro atoms. The van der Waals surface area contributed by atoms with Crippen LogP contribution >= 0.6 is 0 Å². The molecule has 0 bridgehead atoms. The summed E-state index contributed by atoms with van der Waals surface area (Å²) in [4.78, 5) is 25.1. The van der Waals surface area contributed by atoms with Crippen molar-refractivity contribution in [2.24, 2.45) is 14.1 Å². The Hall–Kier alpha value is -4.28. The van der Waals surface area contributed by atoms with Crippen LogP contribution in [0.4, 0.5) is 20.7 Å². The Morgan fingerprint density at radius 3 is 2.50 bits per heavy atom. The van der Waals surface area contributed by atoms with Crippen molar-refractivity contribution in [3.8, 4) is 23.0 Å². The molecule has 0 aliphatic rings. The normalized spacial score (nSPS) is 11.4. The SMILES string of the molecule is Cn1cnc(-c2cc(Oc3ccc(F)c(NC(=O)Nc4cc(C(C)(C)C)nn4C)c3)ncn2)c1. The van der Waals surface area contributed by atoms with Crippen LogP contribution in [-0.4, -0.2) is 35.3 Å².